The van der Waals surface area contributed by atoms with Crippen LogP contribution in [0.1, 0.15) is 37.0 Å². The number of esters is 1. The lowest BCUT2D eigenvalue weighted by Gasteiger charge is -2.24. The van der Waals surface area contributed by atoms with Crippen molar-refractivity contribution in [2.24, 2.45) is 11.8 Å². The van der Waals surface area contributed by atoms with Gasteiger partial charge in [0.05, 0.1) is 29.3 Å². The SMILES string of the molecule is CCOC(=O)c1ccc(NC(=O)C(C)Sc2ccc(NC(=O)C3CC=CCC3C(=O)O)cc2)cc1. The third-order valence-corrected chi connectivity index (χ3v) is 6.67. The highest BCUT2D eigenvalue weighted by molar-refractivity contribution is 8.00. The van der Waals surface area contributed by atoms with Crippen LogP contribution >= 0.6 is 11.8 Å². The van der Waals surface area contributed by atoms with E-state index in [1.165, 1.54) is 11.8 Å². The molecule has 8 nitrogen and oxygen atoms in total. The molecule has 3 rings (SSSR count). The lowest BCUT2D eigenvalue weighted by atomic mass is 9.82. The molecule has 0 heterocycles. The second kappa shape index (κ2) is 12.2. The van der Waals surface area contributed by atoms with Gasteiger partial charge in [-0.15, -0.1) is 11.8 Å². The monoisotopic (exact) mass is 496 g/mol. The zero-order chi connectivity index (χ0) is 25.4. The van der Waals surface area contributed by atoms with E-state index in [0.717, 1.165) is 4.90 Å². The normalized spacial score (nSPS) is 17.8. The van der Waals surface area contributed by atoms with Gasteiger partial charge in [0.15, 0.2) is 0 Å². The van der Waals surface area contributed by atoms with E-state index in [0.29, 0.717) is 36.4 Å². The number of ether oxygens (including phenoxy) is 1. The van der Waals surface area contributed by atoms with Gasteiger partial charge in [0.2, 0.25) is 11.8 Å². The Bertz CT molecular complexity index is 1100. The zero-order valence-corrected chi connectivity index (χ0v) is 20.3. The lowest BCUT2D eigenvalue weighted by molar-refractivity contribution is -0.146. The van der Waals surface area contributed by atoms with Crippen LogP contribution in [0.4, 0.5) is 11.4 Å². The van der Waals surface area contributed by atoms with Crippen LogP contribution in [0.2, 0.25) is 0 Å². The molecular weight excluding hydrogens is 468 g/mol. The minimum atomic E-state index is -0.969. The molecule has 9 heteroatoms. The molecule has 0 saturated heterocycles. The van der Waals surface area contributed by atoms with Crippen molar-refractivity contribution in [2.45, 2.75) is 36.8 Å². The second-order valence-electron chi connectivity index (χ2n) is 8.05. The fourth-order valence-electron chi connectivity index (χ4n) is 3.63. The number of allylic oxidation sites excluding steroid dienone is 2. The van der Waals surface area contributed by atoms with E-state index in [1.54, 1.807) is 68.5 Å². The standard InChI is InChI=1S/C26H28N2O6S/c1-3-34-26(33)17-8-10-18(11-9-17)27-23(29)16(2)35-20-14-12-19(13-15-20)28-24(30)21-6-4-5-7-22(21)25(31)32/h4-5,8-16,21-22H,3,6-7H2,1-2H3,(H,27,29)(H,28,30)(H,31,32). The summed E-state index contributed by atoms with van der Waals surface area (Å²) in [4.78, 5) is 49.2. The first-order valence-electron chi connectivity index (χ1n) is 11.3. The van der Waals surface area contributed by atoms with Crippen molar-refractivity contribution in [2.75, 3.05) is 17.2 Å². The fourth-order valence-corrected chi connectivity index (χ4v) is 4.50. The summed E-state index contributed by atoms with van der Waals surface area (Å²) in [5, 5.41) is 14.6. The summed E-state index contributed by atoms with van der Waals surface area (Å²) < 4.78 is 4.95. The van der Waals surface area contributed by atoms with Gasteiger partial charge in [0.1, 0.15) is 0 Å². The Morgan fingerprint density at radius 1 is 0.943 bits per heavy atom. The maximum absolute atomic E-state index is 12.6. The Hall–Kier alpha value is -3.59. The molecule has 0 aromatic heterocycles. The number of carbonyl (C=O) groups excluding carboxylic acids is 3. The number of amides is 2. The number of aliphatic carboxylic acids is 1. The lowest BCUT2D eigenvalue weighted by Crippen LogP contribution is -2.34. The van der Waals surface area contributed by atoms with Gasteiger partial charge in [0, 0.05) is 16.3 Å². The molecule has 0 fully saturated rings. The molecule has 1 aliphatic carbocycles. The third-order valence-electron chi connectivity index (χ3n) is 5.55. The largest absolute Gasteiger partial charge is 0.481 e. The molecule has 35 heavy (non-hydrogen) atoms. The molecule has 0 aliphatic heterocycles. The first-order chi connectivity index (χ1) is 16.8. The predicted molar refractivity (Wildman–Crippen MR) is 134 cm³/mol. The second-order valence-corrected chi connectivity index (χ2v) is 9.47. The Kier molecular flexibility index (Phi) is 9.08. The average Bonchev–Trinajstić information content (AvgIpc) is 2.85. The Morgan fingerprint density at radius 3 is 2.11 bits per heavy atom. The van der Waals surface area contributed by atoms with Gasteiger partial charge in [-0.1, -0.05) is 12.2 Å². The quantitative estimate of drug-likeness (QED) is 0.264. The van der Waals surface area contributed by atoms with Gasteiger partial charge in [0.25, 0.3) is 0 Å². The highest BCUT2D eigenvalue weighted by atomic mass is 32.2. The molecule has 2 aromatic rings. The third kappa shape index (κ3) is 7.19. The zero-order valence-electron chi connectivity index (χ0n) is 19.5. The van der Waals surface area contributed by atoms with Crippen LogP contribution in [-0.2, 0) is 19.1 Å². The van der Waals surface area contributed by atoms with Crippen LogP contribution in [-0.4, -0.2) is 40.7 Å². The molecule has 0 radical (unpaired) electrons. The minimum Gasteiger partial charge on any atom is -0.481 e. The van der Waals surface area contributed by atoms with Gasteiger partial charge in [-0.2, -0.15) is 0 Å². The summed E-state index contributed by atoms with van der Waals surface area (Å²) >= 11 is 1.36. The van der Waals surface area contributed by atoms with Gasteiger partial charge >= 0.3 is 11.9 Å². The maximum Gasteiger partial charge on any atom is 0.338 e. The van der Waals surface area contributed by atoms with Gasteiger partial charge in [-0.25, -0.2) is 4.79 Å². The van der Waals surface area contributed by atoms with Gasteiger partial charge in [-0.05, 0) is 75.2 Å². The number of carboxylic acid groups (broad SMARTS) is 1. The molecule has 1 aliphatic rings. The van der Waals surface area contributed by atoms with E-state index in [9.17, 15) is 24.3 Å². The minimum absolute atomic E-state index is 0.193. The van der Waals surface area contributed by atoms with Gasteiger partial charge in [-0.3, -0.25) is 14.4 Å². The molecule has 2 amide bonds. The molecule has 184 valence electrons. The number of benzene rings is 2. The Morgan fingerprint density at radius 2 is 1.51 bits per heavy atom. The summed E-state index contributed by atoms with van der Waals surface area (Å²) in [6, 6.07) is 13.6. The number of hydrogen-bond donors (Lipinski definition) is 3. The molecule has 0 bridgehead atoms. The van der Waals surface area contributed by atoms with Crippen LogP contribution in [0.25, 0.3) is 0 Å². The highest BCUT2D eigenvalue weighted by Crippen LogP contribution is 2.29. The van der Waals surface area contributed by atoms with Crippen molar-refractivity contribution in [3.05, 3.63) is 66.2 Å². The van der Waals surface area contributed by atoms with E-state index in [2.05, 4.69) is 10.6 Å². The van der Waals surface area contributed by atoms with Crippen LogP contribution in [0.15, 0.2) is 65.6 Å². The van der Waals surface area contributed by atoms with E-state index in [1.807, 2.05) is 6.08 Å². The van der Waals surface area contributed by atoms with Crippen molar-refractivity contribution >= 4 is 46.9 Å². The van der Waals surface area contributed by atoms with E-state index < -0.39 is 29.0 Å². The Balaban J connectivity index is 1.52. The summed E-state index contributed by atoms with van der Waals surface area (Å²) in [6.45, 7) is 3.81. The van der Waals surface area contributed by atoms with Crippen LogP contribution in [0, 0.1) is 11.8 Å². The summed E-state index contributed by atoms with van der Waals surface area (Å²) in [7, 11) is 0. The van der Waals surface area contributed by atoms with Crippen molar-refractivity contribution in [1.29, 1.82) is 0 Å². The number of carbonyl (C=O) groups is 4. The fraction of sp³-hybridized carbons (Fsp3) is 0.308. The summed E-state index contributed by atoms with van der Waals surface area (Å²) in [5.41, 5.74) is 1.56. The molecular formula is C26H28N2O6S. The molecule has 3 atom stereocenters. The first-order valence-corrected chi connectivity index (χ1v) is 12.2. The highest BCUT2D eigenvalue weighted by Gasteiger charge is 2.33. The molecule has 0 spiro atoms. The first kappa shape index (κ1) is 26.0. The van der Waals surface area contributed by atoms with E-state index in [-0.39, 0.29) is 11.8 Å². The molecule has 0 saturated carbocycles. The van der Waals surface area contributed by atoms with E-state index in [4.69, 9.17) is 4.74 Å². The average molecular weight is 497 g/mol. The number of nitrogens with one attached hydrogen (secondary N) is 2. The number of anilines is 2. The van der Waals surface area contributed by atoms with Crippen molar-refractivity contribution in [3.63, 3.8) is 0 Å². The summed E-state index contributed by atoms with van der Waals surface area (Å²) in [6.07, 6.45) is 4.38. The van der Waals surface area contributed by atoms with Crippen LogP contribution in [0.5, 0.6) is 0 Å². The number of carboxylic acids is 1. The molecule has 2 aromatic carbocycles. The molecule has 3 unspecified atom stereocenters. The summed E-state index contributed by atoms with van der Waals surface area (Å²) in [5.74, 6) is -3.22. The van der Waals surface area contributed by atoms with Gasteiger partial charge < -0.3 is 20.5 Å². The van der Waals surface area contributed by atoms with E-state index >= 15 is 0 Å². The van der Waals surface area contributed by atoms with Crippen molar-refractivity contribution < 1.29 is 29.0 Å². The predicted octanol–water partition coefficient (Wildman–Crippen LogP) is 4.59. The molecule has 3 N–H and O–H groups in total. The smallest absolute Gasteiger partial charge is 0.338 e. The maximum atomic E-state index is 12.6. The van der Waals surface area contributed by atoms with Crippen molar-refractivity contribution in [1.82, 2.24) is 0 Å². The number of hydrogen-bond acceptors (Lipinski definition) is 6. The topological polar surface area (TPSA) is 122 Å². The van der Waals surface area contributed by atoms with Crippen LogP contribution in [0.3, 0.4) is 0 Å². The van der Waals surface area contributed by atoms with Crippen molar-refractivity contribution in [3.8, 4) is 0 Å². The van der Waals surface area contributed by atoms with Crippen LogP contribution < -0.4 is 10.6 Å². The Labute approximate surface area is 208 Å². The number of rotatable bonds is 9. The number of thioether (sulfide) groups is 1.